The number of alkyl halides is 3. The molecule has 4 heterocycles. The monoisotopic (exact) mass is 534 g/mol. The van der Waals surface area contributed by atoms with Gasteiger partial charge in [-0.2, -0.15) is 13.2 Å². The summed E-state index contributed by atoms with van der Waals surface area (Å²) in [4.78, 5) is 20.8. The fraction of sp³-hybridized carbons (Fsp3) is 0.400. The Morgan fingerprint density at radius 3 is 2.56 bits per heavy atom. The highest BCUT2D eigenvalue weighted by atomic mass is 19.4. The summed E-state index contributed by atoms with van der Waals surface area (Å²) in [6.45, 7) is -0.0161. The maximum atomic E-state index is 14.3. The number of rotatable bonds is 3. The van der Waals surface area contributed by atoms with Crippen LogP contribution >= 0.6 is 0 Å². The minimum Gasteiger partial charge on any atom is -0.491 e. The lowest BCUT2D eigenvalue weighted by Crippen LogP contribution is -2.48. The molecule has 200 valence electrons. The molecule has 0 radical (unpaired) electrons. The second-order valence-corrected chi connectivity index (χ2v) is 11.3. The summed E-state index contributed by atoms with van der Waals surface area (Å²) >= 11 is 0. The summed E-state index contributed by atoms with van der Waals surface area (Å²) in [6, 6.07) is 13.8. The molecule has 2 aromatic carbocycles. The fourth-order valence-corrected chi connectivity index (χ4v) is 6.50. The molecule has 1 aromatic heterocycles. The summed E-state index contributed by atoms with van der Waals surface area (Å²) in [5.74, 6) is 0.0747. The third-order valence-electron chi connectivity index (χ3n) is 8.78. The van der Waals surface area contributed by atoms with E-state index >= 15 is 0 Å². The number of nitrogens with zero attached hydrogens (tertiary/aromatic N) is 2. The third kappa shape index (κ3) is 3.34. The molecule has 3 aromatic rings. The molecule has 5 aliphatic rings. The number of carbonyl (C=O) groups excluding carboxylic acids is 1. The molecule has 2 fully saturated rings. The first kappa shape index (κ1) is 23.2. The van der Waals surface area contributed by atoms with Crippen LogP contribution in [0.4, 0.5) is 18.9 Å². The van der Waals surface area contributed by atoms with E-state index in [1.165, 1.54) is 11.0 Å². The number of benzene rings is 2. The van der Waals surface area contributed by atoms with Gasteiger partial charge in [0.1, 0.15) is 34.9 Å². The molecule has 9 heteroatoms. The average Bonchev–Trinajstić information content (AvgIpc) is 3.35. The van der Waals surface area contributed by atoms with Gasteiger partial charge in [0.2, 0.25) is 11.7 Å². The van der Waals surface area contributed by atoms with E-state index in [9.17, 15) is 18.0 Å². The second-order valence-electron chi connectivity index (χ2n) is 11.3. The first-order chi connectivity index (χ1) is 18.8. The Bertz CT molecular complexity index is 1570. The lowest BCUT2D eigenvalue weighted by atomic mass is 9.72. The lowest BCUT2D eigenvalue weighted by molar-refractivity contribution is -0.153. The van der Waals surface area contributed by atoms with E-state index in [-0.39, 0.29) is 30.4 Å². The van der Waals surface area contributed by atoms with Gasteiger partial charge >= 0.3 is 6.18 Å². The van der Waals surface area contributed by atoms with Gasteiger partial charge in [-0.25, -0.2) is 0 Å². The molecule has 1 unspecified atom stereocenters. The van der Waals surface area contributed by atoms with Crippen molar-refractivity contribution >= 4 is 17.3 Å². The number of amides is 1. The van der Waals surface area contributed by atoms with Crippen LogP contribution in [0.1, 0.15) is 66.7 Å². The number of hydrogen-bond acceptors (Lipinski definition) is 5. The van der Waals surface area contributed by atoms with E-state index < -0.39 is 17.4 Å². The van der Waals surface area contributed by atoms with Crippen molar-refractivity contribution < 1.29 is 31.9 Å². The van der Waals surface area contributed by atoms with Crippen molar-refractivity contribution in [1.82, 2.24) is 0 Å². The Labute approximate surface area is 222 Å². The molecule has 0 bridgehead atoms. The first-order valence-electron chi connectivity index (χ1n) is 13.4. The molecule has 3 aliphatic heterocycles. The summed E-state index contributed by atoms with van der Waals surface area (Å²) in [5.41, 5.74) is 2.78. The Hall–Kier alpha value is -3.75. The van der Waals surface area contributed by atoms with Crippen molar-refractivity contribution in [3.63, 3.8) is 0 Å². The Kier molecular flexibility index (Phi) is 4.56. The molecule has 39 heavy (non-hydrogen) atoms. The number of ether oxygens (including phenoxy) is 2. The number of halogens is 3. The maximum absolute atomic E-state index is 14.3. The van der Waals surface area contributed by atoms with Crippen LogP contribution in [0.3, 0.4) is 0 Å². The van der Waals surface area contributed by atoms with Crippen molar-refractivity contribution in [2.75, 3.05) is 11.5 Å². The van der Waals surface area contributed by atoms with E-state index in [4.69, 9.17) is 18.9 Å². The van der Waals surface area contributed by atoms with Crippen LogP contribution in [0.25, 0.3) is 0 Å². The van der Waals surface area contributed by atoms with Crippen LogP contribution in [0.15, 0.2) is 57.9 Å². The van der Waals surface area contributed by atoms with Gasteiger partial charge in [0.05, 0.1) is 18.3 Å². The number of para-hydroxylation sites is 1. The van der Waals surface area contributed by atoms with Gasteiger partial charge in [0.25, 0.3) is 0 Å². The van der Waals surface area contributed by atoms with Crippen molar-refractivity contribution in [2.45, 2.75) is 68.3 Å². The van der Waals surface area contributed by atoms with E-state index in [1.807, 2.05) is 36.4 Å². The zero-order chi connectivity index (χ0) is 26.6. The number of aliphatic imine (C=N–C) groups is 1. The third-order valence-corrected chi connectivity index (χ3v) is 8.78. The van der Waals surface area contributed by atoms with Gasteiger partial charge in [-0.1, -0.05) is 18.2 Å². The molecule has 8 rings (SSSR count). The van der Waals surface area contributed by atoms with Gasteiger partial charge in [-0.15, -0.1) is 0 Å². The Morgan fingerprint density at radius 1 is 1.03 bits per heavy atom. The van der Waals surface area contributed by atoms with E-state index in [0.717, 1.165) is 72.7 Å². The highest BCUT2D eigenvalue weighted by Crippen LogP contribution is 2.55. The minimum absolute atomic E-state index is 0.0603. The standard InChI is InChI=1S/C30H25F3N2O4/c31-30(32,33)26-9-8-18(38-26)15-35-23-5-2-1-4-20(23)29(27(35)36)16-37-25-13-24-19(12-21(25)29)22(34-17-6-7-17)14-28(39-24)10-3-11-28/h1-2,4-5,8-9,12-13,17H,3,6-7,10-11,14-16H2. The molecular formula is C30H25F3N2O4. The van der Waals surface area contributed by atoms with Crippen LogP contribution in [-0.2, 0) is 22.9 Å². The number of hydrogen-bond donors (Lipinski definition) is 0. The summed E-state index contributed by atoms with van der Waals surface area (Å²) in [5, 5.41) is 0. The quantitative estimate of drug-likeness (QED) is 0.403. The largest absolute Gasteiger partial charge is 0.491 e. The van der Waals surface area contributed by atoms with Gasteiger partial charge in [-0.05, 0) is 61.9 Å². The van der Waals surface area contributed by atoms with Crippen LogP contribution in [0, 0.1) is 0 Å². The molecule has 1 amide bonds. The predicted octanol–water partition coefficient (Wildman–Crippen LogP) is 6.18. The van der Waals surface area contributed by atoms with Gasteiger partial charge in [0, 0.05) is 29.3 Å². The van der Waals surface area contributed by atoms with Gasteiger partial charge in [0.15, 0.2) is 0 Å². The number of furan rings is 1. The normalized spacial score (nSPS) is 25.4. The maximum Gasteiger partial charge on any atom is 0.449 e. The number of anilines is 1. The van der Waals surface area contributed by atoms with Crippen molar-refractivity contribution in [2.24, 2.45) is 4.99 Å². The van der Waals surface area contributed by atoms with E-state index in [1.54, 1.807) is 0 Å². The van der Waals surface area contributed by atoms with E-state index in [2.05, 4.69) is 0 Å². The highest BCUT2D eigenvalue weighted by molar-refractivity contribution is 6.12. The molecule has 2 saturated carbocycles. The zero-order valence-corrected chi connectivity index (χ0v) is 21.0. The van der Waals surface area contributed by atoms with Crippen LogP contribution in [-0.4, -0.2) is 29.9 Å². The Balaban J connectivity index is 1.22. The van der Waals surface area contributed by atoms with Crippen LogP contribution < -0.4 is 14.4 Å². The van der Waals surface area contributed by atoms with Gasteiger partial charge in [-0.3, -0.25) is 9.79 Å². The van der Waals surface area contributed by atoms with Crippen LogP contribution in [0.2, 0.25) is 0 Å². The molecule has 0 N–H and O–H groups in total. The van der Waals surface area contributed by atoms with Gasteiger partial charge < -0.3 is 18.8 Å². The lowest BCUT2D eigenvalue weighted by Gasteiger charge is -2.45. The first-order valence-corrected chi connectivity index (χ1v) is 13.4. The van der Waals surface area contributed by atoms with E-state index in [0.29, 0.717) is 17.5 Å². The molecule has 2 spiro atoms. The fourth-order valence-electron chi connectivity index (χ4n) is 6.50. The predicted molar refractivity (Wildman–Crippen MR) is 135 cm³/mol. The van der Waals surface area contributed by atoms with Crippen LogP contribution in [0.5, 0.6) is 11.5 Å². The molecule has 6 nitrogen and oxygen atoms in total. The molecule has 0 saturated heterocycles. The Morgan fingerprint density at radius 2 is 1.85 bits per heavy atom. The van der Waals surface area contributed by atoms with Crippen molar-refractivity contribution in [1.29, 1.82) is 0 Å². The highest BCUT2D eigenvalue weighted by Gasteiger charge is 2.58. The smallest absolute Gasteiger partial charge is 0.449 e. The number of fused-ring (bicyclic) bond motifs is 5. The zero-order valence-electron chi connectivity index (χ0n) is 21.0. The second kappa shape index (κ2) is 7.67. The summed E-state index contributed by atoms with van der Waals surface area (Å²) in [7, 11) is 0. The molecule has 1 atom stereocenters. The molecular weight excluding hydrogens is 509 g/mol. The van der Waals surface area contributed by atoms with Crippen molar-refractivity contribution in [3.05, 3.63) is 76.7 Å². The molecule has 2 aliphatic carbocycles. The SMILES string of the molecule is O=C1N(Cc2ccc(C(F)(F)F)o2)c2ccccc2C12COc1cc3c(cc12)C(=NC1CC1)CC1(CCC1)O3. The number of carbonyl (C=O) groups is 1. The minimum atomic E-state index is -4.59. The summed E-state index contributed by atoms with van der Waals surface area (Å²) in [6.07, 6.45) is 1.49. The average molecular weight is 535 g/mol. The topological polar surface area (TPSA) is 64.3 Å². The van der Waals surface area contributed by atoms with Crippen molar-refractivity contribution in [3.8, 4) is 11.5 Å². The summed E-state index contributed by atoms with van der Waals surface area (Å²) < 4.78 is 57.3.